The Bertz CT molecular complexity index is 2010. The van der Waals surface area contributed by atoms with Crippen LogP contribution in [0, 0.1) is 5.92 Å². The van der Waals surface area contributed by atoms with Gasteiger partial charge in [-0.15, -0.1) is 0 Å². The Morgan fingerprint density at radius 1 is 1.17 bits per heavy atom. The van der Waals surface area contributed by atoms with Crippen molar-refractivity contribution in [1.29, 1.82) is 0 Å². The molecule has 0 bridgehead atoms. The molecule has 3 aromatic rings. The second-order valence-corrected chi connectivity index (χ2v) is 17.0. The molecule has 14 nitrogen and oxygen atoms in total. The number of ether oxygens (including phenoxy) is 2. The lowest BCUT2D eigenvalue weighted by molar-refractivity contribution is -0.130. The Hall–Kier alpha value is -4.37. The highest BCUT2D eigenvalue weighted by atomic mass is 35.5. The molecule has 3 heterocycles. The molecule has 3 atom stereocenters. The molecule has 6 rings (SSSR count). The molecule has 0 saturated heterocycles. The van der Waals surface area contributed by atoms with E-state index in [0.717, 1.165) is 25.0 Å². The number of nitrogens with one attached hydrogen (secondary N) is 3. The molecule has 2 fully saturated rings. The number of hydrogen-bond acceptors (Lipinski definition) is 9. The molecule has 16 heteroatoms. The third-order valence-corrected chi connectivity index (χ3v) is 12.7. The van der Waals surface area contributed by atoms with Gasteiger partial charge < -0.3 is 25.0 Å². The molecule has 2 aliphatic carbocycles. The molecule has 2 aromatic heterocycles. The lowest BCUT2D eigenvalue weighted by Gasteiger charge is -2.26. The lowest BCUT2D eigenvalue weighted by atomic mass is 10.1. The van der Waals surface area contributed by atoms with Gasteiger partial charge >= 0.3 is 6.03 Å². The number of benzene rings is 1. The van der Waals surface area contributed by atoms with Gasteiger partial charge in [0.2, 0.25) is 15.9 Å². The number of carbonyl (C=O) groups excluding carboxylic acids is 3. The second-order valence-electron chi connectivity index (χ2n) is 14.4. The van der Waals surface area contributed by atoms with Gasteiger partial charge in [-0.3, -0.25) is 14.3 Å². The first kappa shape index (κ1) is 37.4. The number of carbonyl (C=O) groups is 3. The topological polar surface area (TPSA) is 174 Å². The number of rotatable bonds is 10. The minimum absolute atomic E-state index is 0.0162. The number of amides is 4. The predicted molar refractivity (Wildman–Crippen MR) is 196 cm³/mol. The monoisotopic (exact) mass is 755 g/mol. The van der Waals surface area contributed by atoms with Crippen LogP contribution in [0.25, 0.3) is 16.7 Å². The molecule has 3 aliphatic rings. The summed E-state index contributed by atoms with van der Waals surface area (Å²) in [6.07, 6.45) is 9.03. The van der Waals surface area contributed by atoms with Gasteiger partial charge in [-0.1, -0.05) is 37.6 Å². The minimum atomic E-state index is -3.95. The van der Waals surface area contributed by atoms with E-state index in [1.165, 1.54) is 12.0 Å². The van der Waals surface area contributed by atoms with E-state index in [9.17, 15) is 22.8 Å². The van der Waals surface area contributed by atoms with Crippen LogP contribution in [-0.2, 0) is 19.6 Å². The van der Waals surface area contributed by atoms with E-state index in [-0.39, 0.29) is 30.4 Å². The van der Waals surface area contributed by atoms with Crippen molar-refractivity contribution in [1.82, 2.24) is 35.0 Å². The third kappa shape index (κ3) is 7.56. The van der Waals surface area contributed by atoms with Gasteiger partial charge in [-0.25, -0.2) is 22.9 Å². The number of aromatic nitrogens is 3. The van der Waals surface area contributed by atoms with E-state index in [2.05, 4.69) is 20.5 Å². The Kier molecular flexibility index (Phi) is 10.5. The number of urea groups is 1. The number of pyridine rings is 1. The number of fused-ring (bicyclic) bond motifs is 2. The van der Waals surface area contributed by atoms with E-state index in [1.807, 2.05) is 32.1 Å². The van der Waals surface area contributed by atoms with Crippen LogP contribution in [0.3, 0.4) is 0 Å². The molecule has 1 aliphatic heterocycles. The molecule has 0 unspecified atom stereocenters. The summed E-state index contributed by atoms with van der Waals surface area (Å²) < 4.78 is 40.7. The van der Waals surface area contributed by atoms with Crippen LogP contribution in [0.2, 0.25) is 5.02 Å². The molecule has 3 N–H and O–H groups in total. The van der Waals surface area contributed by atoms with Gasteiger partial charge in [0.25, 0.3) is 5.91 Å². The third-order valence-electron chi connectivity index (χ3n) is 10.2. The van der Waals surface area contributed by atoms with Crippen molar-refractivity contribution in [2.75, 3.05) is 27.3 Å². The number of allylic oxidation sites excluding steroid dienone is 1. The summed E-state index contributed by atoms with van der Waals surface area (Å²) >= 11 is 6.71. The first-order valence-electron chi connectivity index (χ1n) is 17.6. The highest BCUT2D eigenvalue weighted by Crippen LogP contribution is 2.47. The summed E-state index contributed by atoms with van der Waals surface area (Å²) in [5.74, 6) is -0.325. The summed E-state index contributed by atoms with van der Waals surface area (Å²) in [6, 6.07) is 5.53. The van der Waals surface area contributed by atoms with Gasteiger partial charge in [0.1, 0.15) is 28.1 Å². The summed E-state index contributed by atoms with van der Waals surface area (Å²) in [7, 11) is -0.785. The van der Waals surface area contributed by atoms with E-state index in [0.29, 0.717) is 47.6 Å². The number of halogens is 1. The number of hydrogen-bond donors (Lipinski definition) is 3. The highest BCUT2D eigenvalue weighted by molar-refractivity contribution is 7.91. The Morgan fingerprint density at radius 3 is 2.63 bits per heavy atom. The molecular formula is C36H46ClN7O7S. The van der Waals surface area contributed by atoms with Crippen molar-refractivity contribution >= 4 is 50.4 Å². The molecule has 2 saturated carbocycles. The quantitative estimate of drug-likeness (QED) is 0.250. The maximum atomic E-state index is 14.0. The number of sulfonamides is 1. The maximum absolute atomic E-state index is 14.0. The molecule has 1 aromatic carbocycles. The van der Waals surface area contributed by atoms with Gasteiger partial charge in [-0.05, 0) is 69.6 Å². The molecule has 0 radical (unpaired) electrons. The van der Waals surface area contributed by atoms with Crippen LogP contribution in [0.5, 0.6) is 11.5 Å². The summed E-state index contributed by atoms with van der Waals surface area (Å²) in [6.45, 7) is 6.13. The van der Waals surface area contributed by atoms with Crippen LogP contribution in [0.4, 0.5) is 4.79 Å². The van der Waals surface area contributed by atoms with Crippen molar-refractivity contribution in [2.45, 2.75) is 88.0 Å². The highest BCUT2D eigenvalue weighted by Gasteiger charge is 2.62. The van der Waals surface area contributed by atoms with Gasteiger partial charge in [0, 0.05) is 43.6 Å². The van der Waals surface area contributed by atoms with Crippen molar-refractivity contribution < 1.29 is 32.3 Å². The van der Waals surface area contributed by atoms with E-state index >= 15 is 0 Å². The minimum Gasteiger partial charge on any atom is -0.495 e. The molecule has 4 amide bonds. The normalized spacial score (nSPS) is 23.3. The summed E-state index contributed by atoms with van der Waals surface area (Å²) in [5, 5.41) is 11.2. The fraction of sp³-hybridized carbons (Fsp3) is 0.528. The Morgan fingerprint density at radius 2 is 1.94 bits per heavy atom. The van der Waals surface area contributed by atoms with E-state index in [1.54, 1.807) is 43.0 Å². The standard InChI is InChI=1S/C36H46ClN7O7S/c1-22(2)25-13-18-44(41-25)29-20-28(24-11-12-27(50-5)30(37)31(24)39-29)51-19-14-26-32(45)40-36(33(46)42-52(48,49)35(3)15-16-35)21-23(36)10-8-6-7-9-17-43(4)34(47)38-26/h8,10-13,18,20,22-23,26H,6-7,9,14-17,19,21H2,1-5H3,(H,38,47)(H,40,45)(H,42,46)/t23-,26+,36-/m1/s1. The number of methoxy groups -OCH3 is 1. The van der Waals surface area contributed by atoms with Crippen molar-refractivity contribution in [3.63, 3.8) is 0 Å². The summed E-state index contributed by atoms with van der Waals surface area (Å²) in [4.78, 5) is 47.2. The zero-order valence-electron chi connectivity index (χ0n) is 30.1. The maximum Gasteiger partial charge on any atom is 0.317 e. The predicted octanol–water partition coefficient (Wildman–Crippen LogP) is 4.60. The van der Waals surface area contributed by atoms with Crippen LogP contribution in [-0.4, -0.2) is 89.6 Å². The molecular weight excluding hydrogens is 710 g/mol. The van der Waals surface area contributed by atoms with Crippen LogP contribution in [0.1, 0.15) is 77.3 Å². The zero-order valence-corrected chi connectivity index (χ0v) is 31.6. The first-order chi connectivity index (χ1) is 24.7. The Labute approximate surface area is 308 Å². The molecule has 52 heavy (non-hydrogen) atoms. The second kappa shape index (κ2) is 14.6. The van der Waals surface area contributed by atoms with Crippen molar-refractivity contribution in [3.05, 3.63) is 53.3 Å². The van der Waals surface area contributed by atoms with E-state index in [4.69, 9.17) is 26.1 Å². The SMILES string of the molecule is COc1ccc2c(OCC[C@@H]3NC(=O)N(C)CCCCC=C[C@@H]4C[C@@]4(C(=O)NS(=O)(=O)C4(C)CC4)NC3=O)cc(-n3ccc(C(C)C)n3)nc2c1Cl. The van der Waals surface area contributed by atoms with Crippen LogP contribution in [0.15, 0.2) is 42.6 Å². The molecule has 0 spiro atoms. The van der Waals surface area contributed by atoms with Crippen molar-refractivity contribution in [2.24, 2.45) is 5.92 Å². The number of nitrogens with zero attached hydrogens (tertiary/aromatic N) is 4. The van der Waals surface area contributed by atoms with Gasteiger partial charge in [0.05, 0.1) is 29.7 Å². The van der Waals surface area contributed by atoms with Gasteiger partial charge in [-0.2, -0.15) is 5.10 Å². The van der Waals surface area contributed by atoms with Gasteiger partial charge in [0.15, 0.2) is 5.82 Å². The average molecular weight is 756 g/mol. The zero-order chi connectivity index (χ0) is 37.4. The van der Waals surface area contributed by atoms with Crippen LogP contribution < -0.4 is 24.8 Å². The average Bonchev–Trinajstić information content (AvgIpc) is 3.96. The fourth-order valence-electron chi connectivity index (χ4n) is 6.22. The summed E-state index contributed by atoms with van der Waals surface area (Å²) in [5.41, 5.74) is -0.173. The first-order valence-corrected chi connectivity index (χ1v) is 19.5. The van der Waals surface area contributed by atoms with Crippen molar-refractivity contribution in [3.8, 4) is 17.3 Å². The lowest BCUT2D eigenvalue weighted by Crippen LogP contribution is -2.58. The smallest absolute Gasteiger partial charge is 0.317 e. The largest absolute Gasteiger partial charge is 0.495 e. The fourth-order valence-corrected chi connectivity index (χ4v) is 7.82. The molecule has 280 valence electrons. The van der Waals surface area contributed by atoms with E-state index < -0.39 is 50.1 Å². The Balaban J connectivity index is 1.27. The van der Waals surface area contributed by atoms with Crippen LogP contribution >= 0.6 is 11.6 Å².